The molecular weight excluding hydrogens is 235 g/mol. The molecular formula is C11H12F3NO2. The Morgan fingerprint density at radius 2 is 1.76 bits per heavy atom. The number of amides is 1. The molecule has 0 fully saturated rings. The van der Waals surface area contributed by atoms with E-state index in [9.17, 15) is 18.0 Å². The quantitative estimate of drug-likeness (QED) is 0.776. The number of nitrogens with one attached hydrogen (secondary N) is 1. The first-order valence-electron chi connectivity index (χ1n) is 5.10. The van der Waals surface area contributed by atoms with Crippen LogP contribution in [-0.2, 0) is 0 Å². The number of carbonyl (C=O) groups is 1. The van der Waals surface area contributed by atoms with Gasteiger partial charge in [-0.2, -0.15) is 0 Å². The molecule has 0 aliphatic carbocycles. The summed E-state index contributed by atoms with van der Waals surface area (Å²) >= 11 is 0. The van der Waals surface area contributed by atoms with E-state index in [2.05, 4.69) is 5.32 Å². The van der Waals surface area contributed by atoms with Gasteiger partial charge in [-0.05, 0) is 12.8 Å². The SMILES string of the molecule is O=C(NCCCCO)c1c(F)cc(F)cc1F. The summed E-state index contributed by atoms with van der Waals surface area (Å²) in [6.07, 6.45) is 0.974. The topological polar surface area (TPSA) is 49.3 Å². The lowest BCUT2D eigenvalue weighted by Crippen LogP contribution is -2.26. The summed E-state index contributed by atoms with van der Waals surface area (Å²) in [5.41, 5.74) is -0.796. The molecule has 1 aromatic rings. The van der Waals surface area contributed by atoms with Gasteiger partial charge in [-0.1, -0.05) is 0 Å². The third-order valence-electron chi connectivity index (χ3n) is 2.10. The Morgan fingerprint density at radius 1 is 1.18 bits per heavy atom. The highest BCUT2D eigenvalue weighted by Crippen LogP contribution is 2.14. The van der Waals surface area contributed by atoms with Gasteiger partial charge in [0.15, 0.2) is 0 Å². The fourth-order valence-corrected chi connectivity index (χ4v) is 1.29. The molecule has 0 aliphatic heterocycles. The number of aliphatic hydroxyl groups excluding tert-OH is 1. The lowest BCUT2D eigenvalue weighted by Gasteiger charge is -2.06. The summed E-state index contributed by atoms with van der Waals surface area (Å²) in [6, 6.07) is 0.900. The molecule has 94 valence electrons. The van der Waals surface area contributed by atoms with E-state index in [0.717, 1.165) is 0 Å². The minimum Gasteiger partial charge on any atom is -0.396 e. The fraction of sp³-hybridized carbons (Fsp3) is 0.364. The van der Waals surface area contributed by atoms with E-state index in [1.54, 1.807) is 0 Å². The van der Waals surface area contributed by atoms with E-state index in [1.807, 2.05) is 0 Å². The van der Waals surface area contributed by atoms with Crippen LogP contribution in [0.4, 0.5) is 13.2 Å². The average molecular weight is 247 g/mol. The molecule has 0 saturated heterocycles. The fourth-order valence-electron chi connectivity index (χ4n) is 1.29. The van der Waals surface area contributed by atoms with Crippen LogP contribution in [0.1, 0.15) is 23.2 Å². The highest BCUT2D eigenvalue weighted by Gasteiger charge is 2.18. The molecule has 0 atom stereocenters. The van der Waals surface area contributed by atoms with Gasteiger partial charge in [-0.15, -0.1) is 0 Å². The van der Waals surface area contributed by atoms with Crippen LogP contribution in [0, 0.1) is 17.5 Å². The molecule has 17 heavy (non-hydrogen) atoms. The van der Waals surface area contributed by atoms with Crippen LogP contribution < -0.4 is 5.32 Å². The van der Waals surface area contributed by atoms with Gasteiger partial charge in [0.25, 0.3) is 5.91 Å². The standard InChI is InChI=1S/C11H12F3NO2/c12-7-5-8(13)10(9(14)6-7)11(17)15-3-1-2-4-16/h5-6,16H,1-4H2,(H,15,17). The van der Waals surface area contributed by atoms with E-state index in [1.165, 1.54) is 0 Å². The predicted octanol–water partition coefficient (Wildman–Crippen LogP) is 1.61. The first-order valence-corrected chi connectivity index (χ1v) is 5.10. The zero-order valence-electron chi connectivity index (χ0n) is 8.97. The largest absolute Gasteiger partial charge is 0.396 e. The zero-order chi connectivity index (χ0) is 12.8. The monoisotopic (exact) mass is 247 g/mol. The van der Waals surface area contributed by atoms with Gasteiger partial charge < -0.3 is 10.4 Å². The average Bonchev–Trinajstić information content (AvgIpc) is 2.23. The van der Waals surface area contributed by atoms with Gasteiger partial charge in [-0.25, -0.2) is 13.2 Å². The Balaban J connectivity index is 2.69. The maximum Gasteiger partial charge on any atom is 0.257 e. The number of hydrogen-bond acceptors (Lipinski definition) is 2. The van der Waals surface area contributed by atoms with Gasteiger partial charge in [-0.3, -0.25) is 4.79 Å². The van der Waals surface area contributed by atoms with Crippen LogP contribution in [0.5, 0.6) is 0 Å². The summed E-state index contributed by atoms with van der Waals surface area (Å²) in [4.78, 5) is 11.4. The van der Waals surface area contributed by atoms with Gasteiger partial charge in [0.05, 0.1) is 0 Å². The van der Waals surface area contributed by atoms with Crippen LogP contribution in [0.25, 0.3) is 0 Å². The Kier molecular flexibility index (Phi) is 4.96. The predicted molar refractivity (Wildman–Crippen MR) is 55.0 cm³/mol. The summed E-state index contributed by atoms with van der Waals surface area (Å²) in [5.74, 6) is -4.47. The van der Waals surface area contributed by atoms with Crippen molar-refractivity contribution in [3.63, 3.8) is 0 Å². The van der Waals surface area contributed by atoms with Crippen molar-refractivity contribution in [2.45, 2.75) is 12.8 Å². The van der Waals surface area contributed by atoms with E-state index in [4.69, 9.17) is 5.11 Å². The third kappa shape index (κ3) is 3.74. The Labute approximate surface area is 96.3 Å². The molecule has 0 heterocycles. The van der Waals surface area contributed by atoms with Crippen LogP contribution in [-0.4, -0.2) is 24.2 Å². The normalized spacial score (nSPS) is 10.4. The smallest absolute Gasteiger partial charge is 0.257 e. The number of unbranched alkanes of at least 4 members (excludes halogenated alkanes) is 1. The van der Waals surface area contributed by atoms with Crippen molar-refractivity contribution in [3.8, 4) is 0 Å². The lowest BCUT2D eigenvalue weighted by atomic mass is 10.1. The Bertz CT molecular complexity index is 387. The summed E-state index contributed by atoms with van der Waals surface area (Å²) < 4.78 is 38.9. The highest BCUT2D eigenvalue weighted by atomic mass is 19.1. The first kappa shape index (κ1) is 13.5. The van der Waals surface area contributed by atoms with Crippen LogP contribution >= 0.6 is 0 Å². The van der Waals surface area contributed by atoms with Crippen LogP contribution in [0.15, 0.2) is 12.1 Å². The molecule has 1 amide bonds. The Morgan fingerprint density at radius 3 is 2.29 bits per heavy atom. The molecule has 0 aromatic heterocycles. The van der Waals surface area contributed by atoms with Gasteiger partial charge in [0, 0.05) is 25.3 Å². The maximum atomic E-state index is 13.2. The number of carbonyl (C=O) groups excluding carboxylic acids is 1. The summed E-state index contributed by atoms with van der Waals surface area (Å²) in [6.45, 7) is 0.171. The summed E-state index contributed by atoms with van der Waals surface area (Å²) in [7, 11) is 0. The van der Waals surface area contributed by atoms with Crippen molar-refractivity contribution in [1.82, 2.24) is 5.32 Å². The number of rotatable bonds is 5. The van der Waals surface area contributed by atoms with Crippen molar-refractivity contribution in [2.24, 2.45) is 0 Å². The van der Waals surface area contributed by atoms with E-state index < -0.39 is 28.9 Å². The molecule has 3 nitrogen and oxygen atoms in total. The van der Waals surface area contributed by atoms with Gasteiger partial charge >= 0.3 is 0 Å². The first-order chi connectivity index (χ1) is 8.06. The minimum absolute atomic E-state index is 0.0187. The van der Waals surface area contributed by atoms with Crippen molar-refractivity contribution >= 4 is 5.91 Å². The van der Waals surface area contributed by atoms with Gasteiger partial charge in [0.1, 0.15) is 23.0 Å². The number of hydrogen-bond donors (Lipinski definition) is 2. The molecule has 1 rings (SSSR count). The Hall–Kier alpha value is -1.56. The second-order valence-corrected chi connectivity index (χ2v) is 3.43. The number of halogens is 3. The van der Waals surface area contributed by atoms with E-state index in [-0.39, 0.29) is 13.2 Å². The van der Waals surface area contributed by atoms with Crippen LogP contribution in [0.2, 0.25) is 0 Å². The van der Waals surface area contributed by atoms with Crippen LogP contribution in [0.3, 0.4) is 0 Å². The number of aliphatic hydroxyl groups is 1. The summed E-state index contributed by atoms with van der Waals surface area (Å²) in [5, 5.41) is 10.8. The molecule has 1 aromatic carbocycles. The zero-order valence-corrected chi connectivity index (χ0v) is 8.97. The highest BCUT2D eigenvalue weighted by molar-refractivity contribution is 5.94. The second-order valence-electron chi connectivity index (χ2n) is 3.43. The molecule has 0 spiro atoms. The van der Waals surface area contributed by atoms with Crippen molar-refractivity contribution < 1.29 is 23.1 Å². The van der Waals surface area contributed by atoms with Crippen molar-refractivity contribution in [2.75, 3.05) is 13.2 Å². The third-order valence-corrected chi connectivity index (χ3v) is 2.10. The maximum absolute atomic E-state index is 13.2. The molecule has 0 saturated carbocycles. The van der Waals surface area contributed by atoms with Crippen molar-refractivity contribution in [1.29, 1.82) is 0 Å². The molecule has 0 unspecified atom stereocenters. The van der Waals surface area contributed by atoms with Gasteiger partial charge in [0.2, 0.25) is 0 Å². The van der Waals surface area contributed by atoms with Crippen molar-refractivity contribution in [3.05, 3.63) is 35.1 Å². The molecule has 6 heteroatoms. The molecule has 0 bridgehead atoms. The number of benzene rings is 1. The minimum atomic E-state index is -1.23. The molecule has 0 radical (unpaired) electrons. The van der Waals surface area contributed by atoms with E-state index in [0.29, 0.717) is 25.0 Å². The lowest BCUT2D eigenvalue weighted by molar-refractivity contribution is 0.0943. The molecule has 0 aliphatic rings. The molecule has 2 N–H and O–H groups in total. The second kappa shape index (κ2) is 6.24. The van der Waals surface area contributed by atoms with E-state index >= 15 is 0 Å².